The van der Waals surface area contributed by atoms with Crippen LogP contribution in [0.5, 0.6) is 0 Å². The third-order valence-corrected chi connectivity index (χ3v) is 19.3. The Hall–Kier alpha value is -11.8. The van der Waals surface area contributed by atoms with E-state index in [1.54, 1.807) is 0 Å². The number of para-hydroxylation sites is 5. The topological polar surface area (TPSA) is 93.3 Å². The van der Waals surface area contributed by atoms with E-state index in [1.165, 1.54) is 38.4 Å². The van der Waals surface area contributed by atoms with Gasteiger partial charge in [0.25, 0.3) is 0 Å². The highest BCUT2D eigenvalue weighted by Gasteiger charge is 2.20. The molecule has 4 N–H and O–H groups in total. The molecule has 0 amide bonds. The van der Waals surface area contributed by atoms with Crippen molar-refractivity contribution in [3.05, 3.63) is 354 Å². The number of H-pyrrole nitrogens is 1. The lowest BCUT2D eigenvalue weighted by atomic mass is 9.95. The van der Waals surface area contributed by atoms with Crippen molar-refractivity contribution in [3.8, 4) is 66.8 Å². The lowest BCUT2D eigenvalue weighted by molar-refractivity contribution is 0.667. The molecule has 19 rings (SSSR count). The van der Waals surface area contributed by atoms with Crippen molar-refractivity contribution in [2.24, 2.45) is 0 Å². The molecule has 9 heteroatoms. The third kappa shape index (κ3) is 12.4. The molecule has 0 bridgehead atoms. The predicted octanol–water partition coefficient (Wildman–Crippen LogP) is 27.5. The number of benzene rings is 15. The van der Waals surface area contributed by atoms with Gasteiger partial charge < -0.3 is 29.3 Å². The fourth-order valence-electron chi connectivity index (χ4n) is 13.2. The first-order valence-electron chi connectivity index (χ1n) is 32.6. The molecular formula is C90H60BrCl2N3O3. The van der Waals surface area contributed by atoms with Crippen LogP contribution in [0.2, 0.25) is 10.0 Å². The number of aromatic nitrogens is 1. The zero-order chi connectivity index (χ0) is 66.8. The number of halogens is 3. The second kappa shape index (κ2) is 27.3. The van der Waals surface area contributed by atoms with Gasteiger partial charge >= 0.3 is 0 Å². The minimum Gasteiger partial charge on any atom is -0.455 e. The monoisotopic (exact) mass is 1380 g/mol. The number of fused-ring (bicyclic) bond motifs is 13. The molecule has 0 aliphatic rings. The largest absolute Gasteiger partial charge is 0.455 e. The Morgan fingerprint density at radius 1 is 0.283 bits per heavy atom. The van der Waals surface area contributed by atoms with Crippen LogP contribution in [0.4, 0.5) is 17.1 Å². The van der Waals surface area contributed by atoms with Gasteiger partial charge in [-0.05, 0) is 139 Å². The average Bonchev–Trinajstić information content (AvgIpc) is 1.56. The van der Waals surface area contributed by atoms with Crippen LogP contribution in [0.1, 0.15) is 0 Å². The third-order valence-electron chi connectivity index (χ3n) is 18.0. The molecule has 4 aromatic heterocycles. The number of nitrogens with two attached hydrogens (primary N) is 1. The lowest BCUT2D eigenvalue weighted by Crippen LogP contribution is -1.96. The first-order chi connectivity index (χ1) is 48.8. The zero-order valence-electron chi connectivity index (χ0n) is 53.3. The Balaban J connectivity index is 0.000000108. The Kier molecular flexibility index (Phi) is 17.1. The number of hydrogen-bond donors (Lipinski definition) is 3. The summed E-state index contributed by atoms with van der Waals surface area (Å²) in [4.78, 5) is 3.73. The molecule has 4 heterocycles. The van der Waals surface area contributed by atoms with E-state index in [-0.39, 0.29) is 0 Å². The quantitative estimate of drug-likeness (QED) is 0.132. The summed E-state index contributed by atoms with van der Waals surface area (Å²) in [7, 11) is 0. The maximum Gasteiger partial charge on any atom is 0.159 e. The second-order valence-electron chi connectivity index (χ2n) is 24.2. The van der Waals surface area contributed by atoms with E-state index in [1.807, 2.05) is 170 Å². The second-order valence-corrected chi connectivity index (χ2v) is 25.8. The van der Waals surface area contributed by atoms with Crippen molar-refractivity contribution in [1.82, 2.24) is 4.98 Å². The molecule has 6 nitrogen and oxygen atoms in total. The number of nitrogen functional groups attached to an aromatic ring is 1. The van der Waals surface area contributed by atoms with Crippen LogP contribution in [0.15, 0.2) is 357 Å². The molecule has 0 saturated heterocycles. The van der Waals surface area contributed by atoms with Gasteiger partial charge in [-0.2, -0.15) is 0 Å². The number of furan rings is 3. The van der Waals surface area contributed by atoms with E-state index in [4.69, 9.17) is 42.2 Å². The van der Waals surface area contributed by atoms with Crippen molar-refractivity contribution < 1.29 is 13.3 Å². The Morgan fingerprint density at radius 2 is 0.657 bits per heavy atom. The summed E-state index contributed by atoms with van der Waals surface area (Å²) in [6.07, 6.45) is 0. The minimum atomic E-state index is 0.588. The van der Waals surface area contributed by atoms with Gasteiger partial charge in [0.1, 0.15) is 22.3 Å². The van der Waals surface area contributed by atoms with E-state index in [2.05, 4.69) is 196 Å². The highest BCUT2D eigenvalue weighted by atomic mass is 79.9. The molecule has 19 aromatic rings. The van der Waals surface area contributed by atoms with Crippen LogP contribution in [0, 0.1) is 0 Å². The number of aromatic amines is 1. The summed E-state index contributed by atoms with van der Waals surface area (Å²) in [5.74, 6) is 0. The van der Waals surface area contributed by atoms with E-state index in [0.29, 0.717) is 15.7 Å². The maximum absolute atomic E-state index is 6.92. The van der Waals surface area contributed by atoms with E-state index >= 15 is 0 Å². The number of anilines is 3. The summed E-state index contributed by atoms with van der Waals surface area (Å²) >= 11 is 16.7. The standard InChI is InChI=1S/C30H20ClNO.C30H19NO.C18H14ClN.C12H7BrO/c31-26-19-22(20-10-3-1-4-11-20)18-25(21-12-5-2-6-13-21)29(26)32-27-16-9-15-24-23-14-7-8-17-28(23)33-30(24)27;1-3-9-19(10-4-1)21-17-25(20-11-5-2-6-12-20)28-26(18-21)23-15-16-24-22-13-7-8-14-27(22)32-30(24)29(23)31-28;19-17-12-15(13-7-3-1-4-8-13)11-16(18(17)20)14-9-5-2-6-10-14;13-10-6-3-5-9-8-4-1-2-7-11(8)14-12(9)10/h1-19,32H;1-18,31H;1-12H,20H2;1-7H. The van der Waals surface area contributed by atoms with Gasteiger partial charge in [0, 0.05) is 59.8 Å². The fourth-order valence-corrected chi connectivity index (χ4v) is 14.2. The van der Waals surface area contributed by atoms with E-state index in [9.17, 15) is 0 Å². The van der Waals surface area contributed by atoms with Crippen molar-refractivity contribution in [3.63, 3.8) is 0 Å². The lowest BCUT2D eigenvalue weighted by Gasteiger charge is -2.17. The van der Waals surface area contributed by atoms with Crippen LogP contribution in [-0.2, 0) is 0 Å². The molecule has 0 unspecified atom stereocenters. The summed E-state index contributed by atoms with van der Waals surface area (Å²) in [6.45, 7) is 0. The first-order valence-corrected chi connectivity index (χ1v) is 34.2. The van der Waals surface area contributed by atoms with Gasteiger partial charge in [-0.1, -0.05) is 290 Å². The normalized spacial score (nSPS) is 11.2. The molecular weight excluding hydrogens is 1320 g/mol. The number of hydrogen-bond acceptors (Lipinski definition) is 5. The van der Waals surface area contributed by atoms with Crippen molar-refractivity contribution in [2.45, 2.75) is 0 Å². The van der Waals surface area contributed by atoms with Crippen LogP contribution < -0.4 is 11.1 Å². The molecule has 0 spiro atoms. The molecule has 99 heavy (non-hydrogen) atoms. The number of rotatable bonds is 8. The molecule has 15 aromatic carbocycles. The highest BCUT2D eigenvalue weighted by molar-refractivity contribution is 9.10. The summed E-state index contributed by atoms with van der Waals surface area (Å²) in [5.41, 5.74) is 29.5. The van der Waals surface area contributed by atoms with E-state index < -0.39 is 0 Å². The predicted molar refractivity (Wildman–Crippen MR) is 421 cm³/mol. The highest BCUT2D eigenvalue weighted by Crippen LogP contribution is 2.45. The molecule has 0 saturated carbocycles. The van der Waals surface area contributed by atoms with Crippen molar-refractivity contribution in [1.29, 1.82) is 0 Å². The molecule has 0 aliphatic carbocycles. The van der Waals surface area contributed by atoms with Gasteiger partial charge in [-0.25, -0.2) is 0 Å². The molecule has 0 radical (unpaired) electrons. The molecule has 0 fully saturated rings. The molecule has 474 valence electrons. The minimum absolute atomic E-state index is 0.588. The maximum atomic E-state index is 6.92. The summed E-state index contributed by atoms with van der Waals surface area (Å²) in [6, 6.07) is 116. The van der Waals surface area contributed by atoms with Crippen LogP contribution in [0.3, 0.4) is 0 Å². The fraction of sp³-hybridized carbons (Fsp3) is 0. The first kappa shape index (κ1) is 62.0. The van der Waals surface area contributed by atoms with Crippen molar-refractivity contribution in [2.75, 3.05) is 11.1 Å². The van der Waals surface area contributed by atoms with Crippen LogP contribution >= 0.6 is 39.1 Å². The average molecular weight is 1380 g/mol. The number of nitrogens with one attached hydrogen (secondary N) is 2. The summed E-state index contributed by atoms with van der Waals surface area (Å²) < 4.78 is 19.3. The zero-order valence-corrected chi connectivity index (χ0v) is 56.4. The van der Waals surface area contributed by atoms with Crippen LogP contribution in [0.25, 0.3) is 154 Å². The Morgan fingerprint density at radius 3 is 1.19 bits per heavy atom. The van der Waals surface area contributed by atoms with E-state index in [0.717, 1.165) is 132 Å². The molecule has 0 atom stereocenters. The molecule has 0 aliphatic heterocycles. The SMILES string of the molecule is Brc1cccc2c1oc1ccccc12.Clc1cc(-c2ccccc2)cc(-c2ccccc2)c1Nc1cccc2c1oc1ccccc12.Nc1c(Cl)cc(-c2ccccc2)cc1-c1ccccc1.c1ccc(-c2cc(-c3ccccc3)c3[nH]c4c(ccc5c6ccccc6oc54)c3c2)cc1. The van der Waals surface area contributed by atoms with Gasteiger partial charge in [0.05, 0.1) is 42.6 Å². The van der Waals surface area contributed by atoms with Gasteiger partial charge in [0.15, 0.2) is 11.2 Å². The summed E-state index contributed by atoms with van der Waals surface area (Å²) in [5, 5.41) is 14.0. The van der Waals surface area contributed by atoms with Gasteiger partial charge in [-0.3, -0.25) is 0 Å². The van der Waals surface area contributed by atoms with Gasteiger partial charge in [-0.15, -0.1) is 0 Å². The smallest absolute Gasteiger partial charge is 0.159 e. The van der Waals surface area contributed by atoms with Crippen molar-refractivity contribution >= 4 is 144 Å². The van der Waals surface area contributed by atoms with Crippen LogP contribution in [-0.4, -0.2) is 4.98 Å². The Bertz CT molecular complexity index is 6110. The Labute approximate surface area is 589 Å². The van der Waals surface area contributed by atoms with Gasteiger partial charge in [0.2, 0.25) is 0 Å².